The van der Waals surface area contributed by atoms with Crippen LogP contribution in [0.1, 0.15) is 31.4 Å². The first-order valence-electron chi connectivity index (χ1n) is 8.83. The lowest BCUT2D eigenvalue weighted by molar-refractivity contribution is -0.123. The fraction of sp³-hybridized carbons (Fsp3) is 0.389. The molecule has 0 spiro atoms. The number of unbranched alkanes of at least 4 members (excludes halogenated alkanes) is 2. The third kappa shape index (κ3) is 5.55. The van der Waals surface area contributed by atoms with E-state index in [9.17, 15) is 18.0 Å². The minimum atomic E-state index is -3.17. The lowest BCUT2D eigenvalue weighted by atomic mass is 10.1. The van der Waals surface area contributed by atoms with E-state index < -0.39 is 15.9 Å². The third-order valence-electron chi connectivity index (χ3n) is 4.25. The van der Waals surface area contributed by atoms with Gasteiger partial charge in [-0.1, -0.05) is 30.4 Å². The second kappa shape index (κ2) is 9.06. The van der Waals surface area contributed by atoms with Crippen molar-refractivity contribution in [2.24, 2.45) is 0 Å². The molecule has 150 valence electrons. The Labute approximate surface area is 173 Å². The van der Waals surface area contributed by atoms with E-state index in [1.54, 1.807) is 29.4 Å². The lowest BCUT2D eigenvalue weighted by Crippen LogP contribution is -2.35. The first kappa shape index (κ1) is 20.8. The van der Waals surface area contributed by atoms with E-state index in [2.05, 4.69) is 5.32 Å². The maximum absolute atomic E-state index is 12.4. The van der Waals surface area contributed by atoms with Crippen LogP contribution in [-0.2, 0) is 19.4 Å². The molecule has 1 N–H and O–H groups in total. The van der Waals surface area contributed by atoms with Gasteiger partial charge in [0.2, 0.25) is 5.91 Å². The second-order valence-corrected chi connectivity index (χ2v) is 10.1. The van der Waals surface area contributed by atoms with Gasteiger partial charge in [0, 0.05) is 24.4 Å². The number of hydrogen-bond acceptors (Lipinski definition) is 7. The Balaban J connectivity index is 1.36. The summed E-state index contributed by atoms with van der Waals surface area (Å²) in [6.45, 7) is 0.505. The zero-order valence-corrected chi connectivity index (χ0v) is 17.4. The summed E-state index contributed by atoms with van der Waals surface area (Å²) in [7, 11) is -3.17. The smallest absolute Gasteiger partial charge is 0.266 e. The van der Waals surface area contributed by atoms with Gasteiger partial charge in [-0.2, -0.15) is 0 Å². The third-order valence-corrected chi connectivity index (χ3v) is 7.03. The van der Waals surface area contributed by atoms with Crippen LogP contribution in [0.2, 0.25) is 0 Å². The largest absolute Gasteiger partial charge is 0.465 e. The highest BCUT2D eigenvalue weighted by Gasteiger charge is 2.31. The number of furan rings is 1. The fourth-order valence-electron chi connectivity index (χ4n) is 2.87. The van der Waals surface area contributed by atoms with Gasteiger partial charge < -0.3 is 9.73 Å². The van der Waals surface area contributed by atoms with E-state index >= 15 is 0 Å². The Morgan fingerprint density at radius 3 is 2.89 bits per heavy atom. The van der Waals surface area contributed by atoms with Crippen LogP contribution in [0.5, 0.6) is 0 Å². The number of hydrogen-bond donors (Lipinski definition) is 1. The van der Waals surface area contributed by atoms with Gasteiger partial charge in [0.05, 0.1) is 23.0 Å². The highest BCUT2D eigenvalue weighted by atomic mass is 32.2. The molecule has 1 fully saturated rings. The number of rotatable bonds is 8. The van der Waals surface area contributed by atoms with Crippen LogP contribution in [0.15, 0.2) is 39.2 Å². The zero-order valence-electron chi connectivity index (χ0n) is 15.0. The summed E-state index contributed by atoms with van der Waals surface area (Å²) in [4.78, 5) is 26.4. The first-order valence-corrected chi connectivity index (χ1v) is 11.8. The normalized spacial score (nSPS) is 22.4. The summed E-state index contributed by atoms with van der Waals surface area (Å²) in [5.41, 5.74) is 0. The number of carbonyl (C=O) groups is 2. The maximum atomic E-state index is 12.4. The molecule has 3 heterocycles. The van der Waals surface area contributed by atoms with Crippen molar-refractivity contribution in [2.75, 3.05) is 12.3 Å². The molecule has 0 radical (unpaired) electrons. The van der Waals surface area contributed by atoms with Crippen molar-refractivity contribution in [3.63, 3.8) is 0 Å². The van der Waals surface area contributed by atoms with Crippen LogP contribution >= 0.6 is 24.0 Å². The zero-order chi connectivity index (χ0) is 20.1. The number of carbonyl (C=O) groups excluding carboxylic acids is 2. The van der Waals surface area contributed by atoms with Crippen molar-refractivity contribution in [1.29, 1.82) is 0 Å². The summed E-state index contributed by atoms with van der Waals surface area (Å²) in [5, 5.41) is 3.84. The summed E-state index contributed by atoms with van der Waals surface area (Å²) < 4.78 is 28.4. The van der Waals surface area contributed by atoms with Gasteiger partial charge in [0.15, 0.2) is 9.84 Å². The molecule has 0 aromatic carbocycles. The van der Waals surface area contributed by atoms with E-state index in [1.807, 2.05) is 0 Å². The van der Waals surface area contributed by atoms with Gasteiger partial charge in [-0.3, -0.25) is 14.5 Å². The predicted octanol–water partition coefficient (Wildman–Crippen LogP) is 2.47. The lowest BCUT2D eigenvalue weighted by Gasteiger charge is -2.14. The molecule has 0 aliphatic carbocycles. The summed E-state index contributed by atoms with van der Waals surface area (Å²) in [5.74, 6) is 0.243. The molecular weight excluding hydrogens is 420 g/mol. The molecule has 7 nitrogen and oxygen atoms in total. The Morgan fingerprint density at radius 1 is 1.39 bits per heavy atom. The maximum Gasteiger partial charge on any atom is 0.266 e. The van der Waals surface area contributed by atoms with Crippen molar-refractivity contribution >= 4 is 56.0 Å². The number of sulfone groups is 1. The van der Waals surface area contributed by atoms with Gasteiger partial charge in [-0.15, -0.1) is 0 Å². The van der Waals surface area contributed by atoms with Gasteiger partial charge >= 0.3 is 0 Å². The minimum absolute atomic E-state index is 0.0707. The van der Waals surface area contributed by atoms with E-state index in [0.717, 1.165) is 18.2 Å². The van der Waals surface area contributed by atoms with E-state index in [1.165, 1.54) is 17.8 Å². The average Bonchev–Trinajstić information content (AvgIpc) is 3.31. The van der Waals surface area contributed by atoms with Gasteiger partial charge in [0.1, 0.15) is 10.1 Å². The SMILES string of the molecule is O=C(CCCCCN1C(=O)/C(=C/c2ccco2)SC1=S)N[C@@H]1C=CS(=O)(=O)C1. The number of thioether (sulfide) groups is 1. The number of amides is 2. The highest BCUT2D eigenvalue weighted by molar-refractivity contribution is 8.26. The van der Waals surface area contributed by atoms with Crippen LogP contribution in [0.25, 0.3) is 6.08 Å². The molecule has 10 heteroatoms. The topological polar surface area (TPSA) is 96.7 Å². The van der Waals surface area contributed by atoms with Crippen molar-refractivity contribution in [1.82, 2.24) is 10.2 Å². The number of thiocarbonyl (C=S) groups is 1. The molecule has 0 unspecified atom stereocenters. The predicted molar refractivity (Wildman–Crippen MR) is 112 cm³/mol. The summed E-state index contributed by atoms with van der Waals surface area (Å²) >= 11 is 6.54. The molecule has 3 rings (SSSR count). The fourth-order valence-corrected chi connectivity index (χ4v) is 5.40. The van der Waals surface area contributed by atoms with Crippen LogP contribution in [0.4, 0.5) is 0 Å². The second-order valence-electron chi connectivity index (χ2n) is 6.49. The van der Waals surface area contributed by atoms with Crippen LogP contribution in [0.3, 0.4) is 0 Å². The van der Waals surface area contributed by atoms with Crippen molar-refractivity contribution in [3.05, 3.63) is 40.5 Å². The average molecular weight is 441 g/mol. The molecule has 2 aliphatic heterocycles. The van der Waals surface area contributed by atoms with Crippen LogP contribution < -0.4 is 5.32 Å². The van der Waals surface area contributed by atoms with Crippen LogP contribution in [0, 0.1) is 0 Å². The summed E-state index contributed by atoms with van der Waals surface area (Å²) in [6.07, 6.45) is 7.20. The molecule has 1 aromatic rings. The molecule has 0 bridgehead atoms. The Bertz CT molecular complexity index is 919. The molecule has 2 amide bonds. The van der Waals surface area contributed by atoms with Crippen LogP contribution in [-0.4, -0.2) is 47.8 Å². The Hall–Kier alpha value is -1.91. The van der Waals surface area contributed by atoms with Gasteiger partial charge in [-0.05, 0) is 31.1 Å². The summed E-state index contributed by atoms with van der Waals surface area (Å²) in [6, 6.07) is 3.09. The Kier molecular flexibility index (Phi) is 6.73. The molecule has 28 heavy (non-hydrogen) atoms. The molecule has 0 saturated carbocycles. The Morgan fingerprint density at radius 2 is 2.21 bits per heavy atom. The number of nitrogens with one attached hydrogen (secondary N) is 1. The van der Waals surface area contributed by atoms with E-state index in [0.29, 0.717) is 34.4 Å². The molecule has 1 atom stereocenters. The monoisotopic (exact) mass is 440 g/mol. The molecular formula is C18H20N2O5S3. The highest BCUT2D eigenvalue weighted by Crippen LogP contribution is 2.32. The van der Waals surface area contributed by atoms with Crippen molar-refractivity contribution < 1.29 is 22.4 Å². The van der Waals surface area contributed by atoms with Crippen molar-refractivity contribution in [3.8, 4) is 0 Å². The minimum Gasteiger partial charge on any atom is -0.465 e. The van der Waals surface area contributed by atoms with E-state index in [-0.39, 0.29) is 17.6 Å². The molecule has 2 aliphatic rings. The number of nitrogens with zero attached hydrogens (tertiary/aromatic N) is 1. The van der Waals surface area contributed by atoms with Gasteiger partial charge in [-0.25, -0.2) is 8.42 Å². The quantitative estimate of drug-likeness (QED) is 0.377. The molecule has 1 aromatic heterocycles. The first-order chi connectivity index (χ1) is 13.3. The van der Waals surface area contributed by atoms with E-state index in [4.69, 9.17) is 16.6 Å². The standard InChI is InChI=1S/C18H20N2O5S3/c21-16(19-13-7-10-28(23,24)12-13)6-2-1-3-8-20-17(22)15(27-18(20)26)11-14-5-4-9-25-14/h4-5,7,9-11,13H,1-3,6,8,12H2,(H,19,21)/b15-11-/t13-/m1/s1. The van der Waals surface area contributed by atoms with Crippen molar-refractivity contribution in [2.45, 2.75) is 31.7 Å². The molecule has 1 saturated heterocycles. The van der Waals surface area contributed by atoms with Gasteiger partial charge in [0.25, 0.3) is 5.91 Å².